The Morgan fingerprint density at radius 2 is 1.93 bits per heavy atom. The Morgan fingerprint density at radius 1 is 1.15 bits per heavy atom. The minimum absolute atomic E-state index is 0.0114. The summed E-state index contributed by atoms with van der Waals surface area (Å²) < 4.78 is 0. The molecular weight excluding hydrogens is 356 g/mol. The maximum Gasteiger partial charge on any atom is 0.227 e. The average molecular weight is 383 g/mol. The summed E-state index contributed by atoms with van der Waals surface area (Å²) in [6, 6.07) is 14.1. The van der Waals surface area contributed by atoms with Gasteiger partial charge in [-0.3, -0.25) is 9.59 Å². The van der Waals surface area contributed by atoms with E-state index in [2.05, 4.69) is 23.5 Å². The molecule has 1 unspecified atom stereocenters. The fourth-order valence-electron chi connectivity index (χ4n) is 3.40. The Labute approximate surface area is 165 Å². The first-order chi connectivity index (χ1) is 13.0. The second-order valence-electron chi connectivity index (χ2n) is 7.01. The highest BCUT2D eigenvalue weighted by Crippen LogP contribution is 2.34. The van der Waals surface area contributed by atoms with Crippen LogP contribution in [0.5, 0.6) is 0 Å². The zero-order chi connectivity index (χ0) is 19.4. The smallest absolute Gasteiger partial charge is 0.227 e. The van der Waals surface area contributed by atoms with Crippen LogP contribution in [0.2, 0.25) is 0 Å². The number of carbonyl (C=O) groups is 2. The summed E-state index contributed by atoms with van der Waals surface area (Å²) in [5, 5.41) is 3.03. The molecule has 0 fully saturated rings. The van der Waals surface area contributed by atoms with Crippen LogP contribution in [-0.2, 0) is 9.59 Å². The third-order valence-electron chi connectivity index (χ3n) is 4.87. The Morgan fingerprint density at radius 3 is 2.74 bits per heavy atom. The molecule has 2 aromatic rings. The first-order valence-electron chi connectivity index (χ1n) is 9.34. The number of fused-ring (bicyclic) bond motifs is 1. The van der Waals surface area contributed by atoms with Crippen LogP contribution < -0.4 is 10.2 Å². The molecule has 142 valence electrons. The van der Waals surface area contributed by atoms with E-state index in [4.69, 9.17) is 0 Å². The lowest BCUT2D eigenvalue weighted by Crippen LogP contribution is -2.36. The number of hydrogen-bond acceptors (Lipinski definition) is 3. The molecule has 1 aliphatic rings. The second-order valence-corrected chi connectivity index (χ2v) is 8.15. The molecule has 0 aromatic heterocycles. The molecule has 0 saturated heterocycles. The van der Waals surface area contributed by atoms with Gasteiger partial charge in [0.25, 0.3) is 0 Å². The summed E-state index contributed by atoms with van der Waals surface area (Å²) in [5.41, 5.74) is 4.42. The zero-order valence-corrected chi connectivity index (χ0v) is 16.9. The zero-order valence-electron chi connectivity index (χ0n) is 16.1. The van der Waals surface area contributed by atoms with Gasteiger partial charge in [0.15, 0.2) is 0 Å². The van der Waals surface area contributed by atoms with E-state index < -0.39 is 0 Å². The van der Waals surface area contributed by atoms with E-state index in [0.29, 0.717) is 6.54 Å². The maximum absolute atomic E-state index is 12.7. The first kappa shape index (κ1) is 19.5. The van der Waals surface area contributed by atoms with Crippen molar-refractivity contribution in [3.8, 4) is 0 Å². The molecule has 27 heavy (non-hydrogen) atoms. The van der Waals surface area contributed by atoms with Crippen molar-refractivity contribution in [1.29, 1.82) is 0 Å². The highest BCUT2D eigenvalue weighted by molar-refractivity contribution is 7.99. The molecule has 0 radical (unpaired) electrons. The van der Waals surface area contributed by atoms with Gasteiger partial charge in [0.05, 0.1) is 11.7 Å². The first-order valence-corrected chi connectivity index (χ1v) is 10.3. The van der Waals surface area contributed by atoms with Crippen LogP contribution in [0.25, 0.3) is 0 Å². The van der Waals surface area contributed by atoms with E-state index >= 15 is 0 Å². The standard InChI is InChI=1S/C22H26N2O2S/c1-15-8-9-16(2)18(14-15)17(3)23-21(25)10-11-22(26)24-12-13-27-20-7-5-4-6-19(20)24/h4-9,14,17H,10-13H2,1-3H3,(H,23,25). The molecule has 4 nitrogen and oxygen atoms in total. The number of anilines is 1. The van der Waals surface area contributed by atoms with E-state index in [1.807, 2.05) is 49.9 Å². The minimum atomic E-state index is -0.0866. The SMILES string of the molecule is Cc1ccc(C)c(C(C)NC(=O)CCC(=O)N2CCSc3ccccc32)c1. The fraction of sp³-hybridized carbons (Fsp3) is 0.364. The van der Waals surface area contributed by atoms with E-state index in [0.717, 1.165) is 27.5 Å². The van der Waals surface area contributed by atoms with Crippen LogP contribution in [0.1, 0.15) is 42.5 Å². The van der Waals surface area contributed by atoms with Gasteiger partial charge in [0, 0.05) is 30.0 Å². The van der Waals surface area contributed by atoms with Gasteiger partial charge in [-0.1, -0.05) is 35.9 Å². The molecule has 5 heteroatoms. The van der Waals surface area contributed by atoms with Gasteiger partial charge in [-0.2, -0.15) is 0 Å². The molecule has 0 saturated carbocycles. The lowest BCUT2D eigenvalue weighted by Gasteiger charge is -2.29. The minimum Gasteiger partial charge on any atom is -0.350 e. The molecule has 0 aliphatic carbocycles. The monoisotopic (exact) mass is 382 g/mol. The van der Waals surface area contributed by atoms with Gasteiger partial charge < -0.3 is 10.2 Å². The van der Waals surface area contributed by atoms with Crippen molar-refractivity contribution in [2.45, 2.75) is 44.6 Å². The normalized spacial score (nSPS) is 14.4. The molecular formula is C22H26N2O2S. The molecule has 1 aliphatic heterocycles. The van der Waals surface area contributed by atoms with Crippen LogP contribution in [-0.4, -0.2) is 24.1 Å². The quantitative estimate of drug-likeness (QED) is 0.834. The number of benzene rings is 2. The number of amides is 2. The highest BCUT2D eigenvalue weighted by Gasteiger charge is 2.23. The van der Waals surface area contributed by atoms with Crippen LogP contribution >= 0.6 is 11.8 Å². The lowest BCUT2D eigenvalue weighted by atomic mass is 10.00. The van der Waals surface area contributed by atoms with Crippen molar-refractivity contribution in [1.82, 2.24) is 5.32 Å². The summed E-state index contributed by atoms with van der Waals surface area (Å²) in [7, 11) is 0. The van der Waals surface area contributed by atoms with E-state index in [9.17, 15) is 9.59 Å². The molecule has 1 atom stereocenters. The average Bonchev–Trinajstić information content (AvgIpc) is 2.67. The van der Waals surface area contributed by atoms with Gasteiger partial charge in [-0.15, -0.1) is 11.8 Å². The molecule has 2 amide bonds. The molecule has 0 spiro atoms. The predicted octanol–water partition coefficient (Wildman–Crippen LogP) is 4.40. The lowest BCUT2D eigenvalue weighted by molar-refractivity contribution is -0.125. The number of thioether (sulfide) groups is 1. The Hall–Kier alpha value is -2.27. The maximum atomic E-state index is 12.7. The summed E-state index contributed by atoms with van der Waals surface area (Å²) in [4.78, 5) is 28.0. The summed E-state index contributed by atoms with van der Waals surface area (Å²) in [6.45, 7) is 6.78. The van der Waals surface area contributed by atoms with E-state index in [-0.39, 0.29) is 30.7 Å². The Kier molecular flexibility index (Phi) is 6.22. The fourth-order valence-corrected chi connectivity index (χ4v) is 4.40. The van der Waals surface area contributed by atoms with Gasteiger partial charge in [-0.25, -0.2) is 0 Å². The van der Waals surface area contributed by atoms with Crippen molar-refractivity contribution in [2.75, 3.05) is 17.2 Å². The summed E-state index contributed by atoms with van der Waals surface area (Å²) in [5.74, 6) is 0.812. The number of nitrogens with zero attached hydrogens (tertiary/aromatic N) is 1. The van der Waals surface area contributed by atoms with Gasteiger partial charge in [-0.05, 0) is 44.0 Å². The number of nitrogens with one attached hydrogen (secondary N) is 1. The van der Waals surface area contributed by atoms with Crippen LogP contribution in [0.3, 0.4) is 0 Å². The van der Waals surface area contributed by atoms with E-state index in [1.54, 1.807) is 11.8 Å². The number of aryl methyl sites for hydroxylation is 2. The third kappa shape index (κ3) is 4.72. The number of rotatable bonds is 5. The van der Waals surface area contributed by atoms with E-state index in [1.165, 1.54) is 5.56 Å². The van der Waals surface area contributed by atoms with Crippen LogP contribution in [0.4, 0.5) is 5.69 Å². The van der Waals surface area contributed by atoms with Gasteiger partial charge in [0.1, 0.15) is 0 Å². The van der Waals surface area contributed by atoms with Crippen molar-refractivity contribution >= 4 is 29.3 Å². The van der Waals surface area contributed by atoms with Crippen LogP contribution in [0, 0.1) is 13.8 Å². The predicted molar refractivity (Wildman–Crippen MR) is 111 cm³/mol. The van der Waals surface area contributed by atoms with Gasteiger partial charge >= 0.3 is 0 Å². The molecule has 1 heterocycles. The molecule has 0 bridgehead atoms. The topological polar surface area (TPSA) is 49.4 Å². The Balaban J connectivity index is 1.56. The molecule has 1 N–H and O–H groups in total. The summed E-state index contributed by atoms with van der Waals surface area (Å²) >= 11 is 1.77. The second kappa shape index (κ2) is 8.61. The van der Waals surface area contributed by atoms with Crippen molar-refractivity contribution in [2.24, 2.45) is 0 Å². The van der Waals surface area contributed by atoms with Crippen molar-refractivity contribution in [3.63, 3.8) is 0 Å². The largest absolute Gasteiger partial charge is 0.350 e. The third-order valence-corrected chi connectivity index (χ3v) is 5.92. The number of hydrogen-bond donors (Lipinski definition) is 1. The molecule has 2 aromatic carbocycles. The van der Waals surface area contributed by atoms with Crippen molar-refractivity contribution in [3.05, 3.63) is 59.2 Å². The van der Waals surface area contributed by atoms with Crippen molar-refractivity contribution < 1.29 is 9.59 Å². The highest BCUT2D eigenvalue weighted by atomic mass is 32.2. The van der Waals surface area contributed by atoms with Gasteiger partial charge in [0.2, 0.25) is 11.8 Å². The molecule has 3 rings (SSSR count). The number of para-hydroxylation sites is 1. The summed E-state index contributed by atoms with van der Waals surface area (Å²) in [6.07, 6.45) is 0.435. The Bertz CT molecular complexity index is 850. The number of carbonyl (C=O) groups excluding carboxylic acids is 2. The van der Waals surface area contributed by atoms with Crippen LogP contribution in [0.15, 0.2) is 47.4 Å².